The lowest BCUT2D eigenvalue weighted by atomic mass is 9.94. The highest BCUT2D eigenvalue weighted by Gasteiger charge is 2.28. The predicted octanol–water partition coefficient (Wildman–Crippen LogP) is 3.41. The standard InChI is InChI=1S/C14H24N2S/c1-4-15-13(12-6-5-10(2)7-12)8-14-16-11(3)9-17-14/h9-10,12-13,15H,4-8H2,1-3H3. The minimum Gasteiger partial charge on any atom is -0.314 e. The Hall–Kier alpha value is -0.410. The summed E-state index contributed by atoms with van der Waals surface area (Å²) in [7, 11) is 0. The number of nitrogens with one attached hydrogen (secondary N) is 1. The highest BCUT2D eigenvalue weighted by molar-refractivity contribution is 7.09. The van der Waals surface area contributed by atoms with Gasteiger partial charge in [-0.1, -0.05) is 20.3 Å². The van der Waals surface area contributed by atoms with E-state index in [1.807, 2.05) is 11.3 Å². The number of hydrogen-bond donors (Lipinski definition) is 1. The summed E-state index contributed by atoms with van der Waals surface area (Å²) in [4.78, 5) is 4.60. The van der Waals surface area contributed by atoms with Crippen LogP contribution in [0.3, 0.4) is 0 Å². The van der Waals surface area contributed by atoms with Crippen molar-refractivity contribution in [3.63, 3.8) is 0 Å². The molecule has 1 aromatic heterocycles. The van der Waals surface area contributed by atoms with E-state index < -0.39 is 0 Å². The van der Waals surface area contributed by atoms with E-state index >= 15 is 0 Å². The molecule has 1 aliphatic rings. The van der Waals surface area contributed by atoms with Crippen molar-refractivity contribution in [3.05, 3.63) is 16.1 Å². The van der Waals surface area contributed by atoms with Crippen LogP contribution in [0.5, 0.6) is 0 Å². The van der Waals surface area contributed by atoms with Gasteiger partial charge in [0.2, 0.25) is 0 Å². The normalized spacial score (nSPS) is 26.3. The Kier molecular flexibility index (Phi) is 4.57. The molecule has 17 heavy (non-hydrogen) atoms. The van der Waals surface area contributed by atoms with E-state index in [2.05, 4.69) is 36.5 Å². The molecule has 3 heteroatoms. The number of likely N-dealkylation sites (N-methyl/N-ethyl adjacent to an activating group) is 1. The maximum absolute atomic E-state index is 4.60. The molecule has 0 amide bonds. The van der Waals surface area contributed by atoms with Crippen molar-refractivity contribution in [2.45, 2.75) is 52.5 Å². The first kappa shape index (κ1) is 13.0. The molecule has 1 fully saturated rings. The van der Waals surface area contributed by atoms with Gasteiger partial charge in [-0.2, -0.15) is 0 Å². The summed E-state index contributed by atoms with van der Waals surface area (Å²) in [5.41, 5.74) is 1.17. The largest absolute Gasteiger partial charge is 0.314 e. The zero-order chi connectivity index (χ0) is 12.3. The minimum absolute atomic E-state index is 0.635. The van der Waals surface area contributed by atoms with Crippen molar-refractivity contribution < 1.29 is 0 Å². The molecule has 0 aromatic carbocycles. The molecule has 2 rings (SSSR count). The third-order valence-electron chi connectivity index (χ3n) is 3.83. The molecular weight excluding hydrogens is 228 g/mol. The van der Waals surface area contributed by atoms with Gasteiger partial charge >= 0.3 is 0 Å². The van der Waals surface area contributed by atoms with Crippen LogP contribution in [0.1, 0.15) is 43.8 Å². The van der Waals surface area contributed by atoms with Crippen molar-refractivity contribution in [1.29, 1.82) is 0 Å². The first-order chi connectivity index (χ1) is 8.19. The number of nitrogens with zero attached hydrogens (tertiary/aromatic N) is 1. The maximum atomic E-state index is 4.60. The van der Waals surface area contributed by atoms with Crippen LogP contribution in [-0.4, -0.2) is 17.6 Å². The van der Waals surface area contributed by atoms with Gasteiger partial charge in [-0.15, -0.1) is 11.3 Å². The molecule has 1 aromatic rings. The average Bonchev–Trinajstić information content (AvgIpc) is 2.87. The molecule has 0 spiro atoms. The summed E-state index contributed by atoms with van der Waals surface area (Å²) in [5.74, 6) is 1.77. The van der Waals surface area contributed by atoms with E-state index in [9.17, 15) is 0 Å². The second-order valence-corrected chi connectivity index (χ2v) is 6.37. The van der Waals surface area contributed by atoms with Crippen LogP contribution in [-0.2, 0) is 6.42 Å². The van der Waals surface area contributed by atoms with E-state index in [4.69, 9.17) is 0 Å². The van der Waals surface area contributed by atoms with Gasteiger partial charge in [0.25, 0.3) is 0 Å². The minimum atomic E-state index is 0.635. The van der Waals surface area contributed by atoms with Gasteiger partial charge in [0.15, 0.2) is 0 Å². The van der Waals surface area contributed by atoms with Crippen LogP contribution in [0.2, 0.25) is 0 Å². The topological polar surface area (TPSA) is 24.9 Å². The molecule has 0 aliphatic heterocycles. The Balaban J connectivity index is 1.97. The second-order valence-electron chi connectivity index (χ2n) is 5.43. The quantitative estimate of drug-likeness (QED) is 0.868. The van der Waals surface area contributed by atoms with Gasteiger partial charge in [0.05, 0.1) is 5.01 Å². The van der Waals surface area contributed by atoms with Crippen LogP contribution in [0.15, 0.2) is 5.38 Å². The van der Waals surface area contributed by atoms with Crippen molar-refractivity contribution in [3.8, 4) is 0 Å². The molecule has 1 N–H and O–H groups in total. The summed E-state index contributed by atoms with van der Waals surface area (Å²) in [6.45, 7) is 7.74. The fourth-order valence-corrected chi connectivity index (χ4v) is 3.80. The van der Waals surface area contributed by atoms with Crippen LogP contribution >= 0.6 is 11.3 Å². The summed E-state index contributed by atoms with van der Waals surface area (Å²) in [6, 6.07) is 0.635. The fourth-order valence-electron chi connectivity index (χ4n) is 2.97. The molecule has 96 valence electrons. The highest BCUT2D eigenvalue weighted by Crippen LogP contribution is 2.33. The van der Waals surface area contributed by atoms with E-state index in [-0.39, 0.29) is 0 Å². The lowest BCUT2D eigenvalue weighted by molar-refractivity contribution is 0.353. The van der Waals surface area contributed by atoms with Crippen LogP contribution in [0, 0.1) is 18.8 Å². The Labute approximate surface area is 109 Å². The van der Waals surface area contributed by atoms with Crippen LogP contribution in [0.25, 0.3) is 0 Å². The van der Waals surface area contributed by atoms with Gasteiger partial charge in [0, 0.05) is 23.5 Å². The van der Waals surface area contributed by atoms with Gasteiger partial charge in [-0.3, -0.25) is 0 Å². The van der Waals surface area contributed by atoms with E-state index in [1.165, 1.54) is 30.0 Å². The fraction of sp³-hybridized carbons (Fsp3) is 0.786. The molecule has 1 saturated carbocycles. The summed E-state index contributed by atoms with van der Waals surface area (Å²) in [6.07, 6.45) is 5.30. The smallest absolute Gasteiger partial charge is 0.0943 e. The lowest BCUT2D eigenvalue weighted by Gasteiger charge is -2.23. The van der Waals surface area contributed by atoms with E-state index in [0.717, 1.165) is 24.8 Å². The van der Waals surface area contributed by atoms with Gasteiger partial charge in [0.1, 0.15) is 0 Å². The number of rotatable bonds is 5. The molecule has 3 atom stereocenters. The lowest BCUT2D eigenvalue weighted by Crippen LogP contribution is -2.37. The zero-order valence-corrected chi connectivity index (χ0v) is 12.0. The molecule has 1 aliphatic carbocycles. The monoisotopic (exact) mass is 252 g/mol. The van der Waals surface area contributed by atoms with Gasteiger partial charge in [-0.25, -0.2) is 4.98 Å². The Morgan fingerprint density at radius 3 is 2.88 bits per heavy atom. The predicted molar refractivity (Wildman–Crippen MR) is 74.5 cm³/mol. The Bertz CT molecular complexity index is 348. The molecule has 3 unspecified atom stereocenters. The third kappa shape index (κ3) is 3.52. The van der Waals surface area contributed by atoms with E-state index in [0.29, 0.717) is 6.04 Å². The number of hydrogen-bond acceptors (Lipinski definition) is 3. The highest BCUT2D eigenvalue weighted by atomic mass is 32.1. The maximum Gasteiger partial charge on any atom is 0.0943 e. The third-order valence-corrected chi connectivity index (χ3v) is 4.82. The number of thiazole rings is 1. The number of aryl methyl sites for hydroxylation is 1. The summed E-state index contributed by atoms with van der Waals surface area (Å²) >= 11 is 1.81. The Morgan fingerprint density at radius 2 is 2.35 bits per heavy atom. The Morgan fingerprint density at radius 1 is 1.53 bits per heavy atom. The van der Waals surface area contributed by atoms with Crippen LogP contribution in [0.4, 0.5) is 0 Å². The zero-order valence-electron chi connectivity index (χ0n) is 11.2. The van der Waals surface area contributed by atoms with Gasteiger partial charge < -0.3 is 5.32 Å². The molecule has 1 heterocycles. The van der Waals surface area contributed by atoms with Crippen molar-refractivity contribution in [2.75, 3.05) is 6.54 Å². The molecule has 0 radical (unpaired) electrons. The van der Waals surface area contributed by atoms with E-state index in [1.54, 1.807) is 0 Å². The summed E-state index contributed by atoms with van der Waals surface area (Å²) < 4.78 is 0. The molecule has 2 nitrogen and oxygen atoms in total. The molecule has 0 saturated heterocycles. The van der Waals surface area contributed by atoms with Crippen LogP contribution < -0.4 is 5.32 Å². The van der Waals surface area contributed by atoms with Gasteiger partial charge in [-0.05, 0) is 38.1 Å². The van der Waals surface area contributed by atoms with Crippen molar-refractivity contribution in [1.82, 2.24) is 10.3 Å². The second kappa shape index (κ2) is 5.96. The first-order valence-corrected chi connectivity index (χ1v) is 7.71. The SMILES string of the molecule is CCNC(Cc1nc(C)cs1)C1CCC(C)C1. The van der Waals surface area contributed by atoms with Crippen molar-refractivity contribution in [2.24, 2.45) is 11.8 Å². The van der Waals surface area contributed by atoms with Crippen molar-refractivity contribution >= 4 is 11.3 Å². The number of aromatic nitrogens is 1. The first-order valence-electron chi connectivity index (χ1n) is 6.83. The average molecular weight is 252 g/mol. The molecule has 0 bridgehead atoms. The molecular formula is C14H24N2S. The summed E-state index contributed by atoms with van der Waals surface area (Å²) in [5, 5.41) is 7.13.